The summed E-state index contributed by atoms with van der Waals surface area (Å²) >= 11 is 12.2. The number of fused-ring (bicyclic) bond motifs is 1. The summed E-state index contributed by atoms with van der Waals surface area (Å²) in [6.07, 6.45) is 2.69. The van der Waals surface area contributed by atoms with Gasteiger partial charge in [-0.2, -0.15) is 0 Å². The Hall–Kier alpha value is -1.77. The lowest BCUT2D eigenvalue weighted by molar-refractivity contribution is 0.112. The van der Waals surface area contributed by atoms with Crippen LogP contribution in [0.1, 0.15) is 15.9 Å². The first-order chi connectivity index (χ1) is 9.69. The number of carbonyl (C=O) groups is 1. The molecule has 1 heterocycles. The van der Waals surface area contributed by atoms with E-state index in [0.717, 1.165) is 22.8 Å². The molecular formula is C16H11Cl2NO. The van der Waals surface area contributed by atoms with Crippen molar-refractivity contribution in [1.29, 1.82) is 0 Å². The zero-order chi connectivity index (χ0) is 14.1. The van der Waals surface area contributed by atoms with E-state index in [1.54, 1.807) is 6.07 Å². The van der Waals surface area contributed by atoms with Gasteiger partial charge < -0.3 is 4.57 Å². The van der Waals surface area contributed by atoms with Gasteiger partial charge in [-0.1, -0.05) is 47.5 Å². The third-order valence-corrected chi connectivity index (χ3v) is 3.90. The number of halogens is 2. The molecule has 0 aliphatic rings. The molecule has 1 aromatic heterocycles. The normalized spacial score (nSPS) is 10.9. The molecule has 4 heteroatoms. The van der Waals surface area contributed by atoms with Crippen LogP contribution in [0.25, 0.3) is 10.9 Å². The molecule has 0 aliphatic heterocycles. The third kappa shape index (κ3) is 2.33. The summed E-state index contributed by atoms with van der Waals surface area (Å²) in [5, 5.41) is 2.26. The smallest absolute Gasteiger partial charge is 0.152 e. The van der Waals surface area contributed by atoms with Gasteiger partial charge in [-0.15, -0.1) is 0 Å². The van der Waals surface area contributed by atoms with Gasteiger partial charge in [-0.3, -0.25) is 4.79 Å². The number of aromatic nitrogens is 1. The van der Waals surface area contributed by atoms with Crippen LogP contribution in [0.15, 0.2) is 48.7 Å². The molecule has 0 atom stereocenters. The van der Waals surface area contributed by atoms with E-state index in [9.17, 15) is 4.79 Å². The van der Waals surface area contributed by atoms with Crippen molar-refractivity contribution in [2.45, 2.75) is 6.54 Å². The van der Waals surface area contributed by atoms with Crippen LogP contribution in [0.3, 0.4) is 0 Å². The molecule has 20 heavy (non-hydrogen) atoms. The van der Waals surface area contributed by atoms with Crippen LogP contribution in [0.4, 0.5) is 0 Å². The van der Waals surface area contributed by atoms with Crippen LogP contribution in [-0.2, 0) is 6.54 Å². The average Bonchev–Trinajstić information content (AvgIpc) is 2.79. The van der Waals surface area contributed by atoms with E-state index < -0.39 is 0 Å². The van der Waals surface area contributed by atoms with E-state index in [4.69, 9.17) is 23.2 Å². The fourth-order valence-electron chi connectivity index (χ4n) is 2.33. The molecule has 2 nitrogen and oxygen atoms in total. The molecule has 2 aromatic carbocycles. The molecule has 0 bridgehead atoms. The minimum Gasteiger partial charge on any atom is -0.342 e. The van der Waals surface area contributed by atoms with Crippen molar-refractivity contribution in [3.63, 3.8) is 0 Å². The predicted octanol–water partition coefficient (Wildman–Crippen LogP) is 4.81. The van der Waals surface area contributed by atoms with Gasteiger partial charge in [0, 0.05) is 33.7 Å². The van der Waals surface area contributed by atoms with Gasteiger partial charge in [0.25, 0.3) is 0 Å². The van der Waals surface area contributed by atoms with E-state index in [0.29, 0.717) is 22.2 Å². The number of rotatable bonds is 3. The van der Waals surface area contributed by atoms with Crippen molar-refractivity contribution >= 4 is 40.4 Å². The first-order valence-corrected chi connectivity index (χ1v) is 6.91. The van der Waals surface area contributed by atoms with Crippen LogP contribution in [-0.4, -0.2) is 10.9 Å². The maximum absolute atomic E-state index is 11.2. The third-order valence-electron chi connectivity index (χ3n) is 3.30. The Morgan fingerprint density at radius 3 is 2.65 bits per heavy atom. The topological polar surface area (TPSA) is 22.0 Å². The highest BCUT2D eigenvalue weighted by molar-refractivity contribution is 6.31. The van der Waals surface area contributed by atoms with Crippen molar-refractivity contribution in [2.24, 2.45) is 0 Å². The molecular weight excluding hydrogens is 293 g/mol. The maximum atomic E-state index is 11.2. The molecule has 3 aromatic rings. The Morgan fingerprint density at radius 1 is 1.10 bits per heavy atom. The molecule has 0 aliphatic carbocycles. The average molecular weight is 304 g/mol. The number of hydrogen-bond acceptors (Lipinski definition) is 1. The van der Waals surface area contributed by atoms with Crippen molar-refractivity contribution in [2.75, 3.05) is 0 Å². The van der Waals surface area contributed by atoms with Gasteiger partial charge in [0.15, 0.2) is 6.29 Å². The summed E-state index contributed by atoms with van der Waals surface area (Å²) in [6, 6.07) is 13.2. The van der Waals surface area contributed by atoms with Gasteiger partial charge in [-0.25, -0.2) is 0 Å². The van der Waals surface area contributed by atoms with Crippen molar-refractivity contribution < 1.29 is 4.79 Å². The Balaban J connectivity index is 2.14. The van der Waals surface area contributed by atoms with Gasteiger partial charge in [0.2, 0.25) is 0 Å². The van der Waals surface area contributed by atoms with Crippen molar-refractivity contribution in [3.8, 4) is 0 Å². The Bertz CT molecular complexity index is 792. The fourth-order valence-corrected chi connectivity index (χ4v) is 2.69. The molecule has 3 rings (SSSR count). The maximum Gasteiger partial charge on any atom is 0.152 e. The van der Waals surface area contributed by atoms with Crippen LogP contribution < -0.4 is 0 Å². The monoisotopic (exact) mass is 303 g/mol. The molecule has 0 N–H and O–H groups in total. The lowest BCUT2D eigenvalue weighted by Crippen LogP contribution is -1.98. The second kappa shape index (κ2) is 5.31. The fraction of sp³-hybridized carbons (Fsp3) is 0.0625. The summed E-state index contributed by atoms with van der Waals surface area (Å²) in [6.45, 7) is 0.602. The largest absolute Gasteiger partial charge is 0.342 e. The Kier molecular flexibility index (Phi) is 3.51. The SMILES string of the molecule is O=Cc1cn(Cc2ccccc2Cl)c2cc(Cl)ccc12. The number of aldehydes is 1. The zero-order valence-electron chi connectivity index (χ0n) is 10.5. The van der Waals surface area contributed by atoms with Gasteiger partial charge in [0.05, 0.1) is 5.52 Å². The van der Waals surface area contributed by atoms with E-state index >= 15 is 0 Å². The van der Waals surface area contributed by atoms with E-state index in [1.807, 2.05) is 47.2 Å². The Labute approximate surface area is 126 Å². The lowest BCUT2D eigenvalue weighted by atomic mass is 10.2. The summed E-state index contributed by atoms with van der Waals surface area (Å²) in [5.74, 6) is 0. The summed E-state index contributed by atoms with van der Waals surface area (Å²) in [5.41, 5.74) is 2.59. The standard InChI is InChI=1S/C16H11Cl2NO/c17-13-5-6-14-12(10-20)9-19(16(14)7-13)8-11-3-1-2-4-15(11)18/h1-7,9-10H,8H2. The van der Waals surface area contributed by atoms with Crippen LogP contribution in [0, 0.1) is 0 Å². The lowest BCUT2D eigenvalue weighted by Gasteiger charge is -2.07. The molecule has 0 saturated heterocycles. The minimum atomic E-state index is 0.602. The second-order valence-corrected chi connectivity index (χ2v) is 5.43. The first-order valence-electron chi connectivity index (χ1n) is 6.16. The van der Waals surface area contributed by atoms with Gasteiger partial charge in [-0.05, 0) is 23.8 Å². The summed E-state index contributed by atoms with van der Waals surface area (Å²) in [7, 11) is 0. The molecule has 0 fully saturated rings. The summed E-state index contributed by atoms with van der Waals surface area (Å²) < 4.78 is 1.99. The van der Waals surface area contributed by atoms with E-state index in [-0.39, 0.29) is 0 Å². The molecule has 100 valence electrons. The molecule has 0 radical (unpaired) electrons. The quantitative estimate of drug-likeness (QED) is 0.636. The number of nitrogens with zero attached hydrogens (tertiary/aromatic N) is 1. The van der Waals surface area contributed by atoms with Gasteiger partial charge in [0.1, 0.15) is 0 Å². The molecule has 0 spiro atoms. The minimum absolute atomic E-state index is 0.602. The second-order valence-electron chi connectivity index (χ2n) is 4.58. The molecule has 0 unspecified atom stereocenters. The van der Waals surface area contributed by atoms with Crippen LogP contribution >= 0.6 is 23.2 Å². The van der Waals surface area contributed by atoms with Crippen molar-refractivity contribution in [3.05, 3.63) is 69.8 Å². The van der Waals surface area contributed by atoms with Crippen LogP contribution in [0.5, 0.6) is 0 Å². The van der Waals surface area contributed by atoms with E-state index in [2.05, 4.69) is 0 Å². The van der Waals surface area contributed by atoms with Crippen LogP contribution in [0.2, 0.25) is 10.0 Å². The highest BCUT2D eigenvalue weighted by Gasteiger charge is 2.10. The first kappa shape index (κ1) is 13.2. The highest BCUT2D eigenvalue weighted by Crippen LogP contribution is 2.26. The molecule has 0 amide bonds. The van der Waals surface area contributed by atoms with Crippen molar-refractivity contribution in [1.82, 2.24) is 4.57 Å². The summed E-state index contributed by atoms with van der Waals surface area (Å²) in [4.78, 5) is 11.2. The zero-order valence-corrected chi connectivity index (χ0v) is 12.0. The highest BCUT2D eigenvalue weighted by atomic mass is 35.5. The Morgan fingerprint density at radius 2 is 1.90 bits per heavy atom. The molecule has 0 saturated carbocycles. The van der Waals surface area contributed by atoms with Gasteiger partial charge >= 0.3 is 0 Å². The number of hydrogen-bond donors (Lipinski definition) is 0. The number of benzene rings is 2. The number of carbonyl (C=O) groups excluding carboxylic acids is 1. The van der Waals surface area contributed by atoms with E-state index in [1.165, 1.54) is 0 Å². The predicted molar refractivity (Wildman–Crippen MR) is 82.9 cm³/mol.